The van der Waals surface area contributed by atoms with Crippen molar-refractivity contribution in [2.45, 2.75) is 70.6 Å². The van der Waals surface area contributed by atoms with Crippen molar-refractivity contribution < 1.29 is 4.84 Å². The van der Waals surface area contributed by atoms with Gasteiger partial charge in [0, 0.05) is 43.6 Å². The van der Waals surface area contributed by atoms with Gasteiger partial charge >= 0.3 is 0 Å². The molecule has 2 aliphatic carbocycles. The van der Waals surface area contributed by atoms with E-state index in [0.717, 1.165) is 59.5 Å². The maximum Gasteiger partial charge on any atom is 0.160 e. The van der Waals surface area contributed by atoms with Crippen molar-refractivity contribution in [2.75, 3.05) is 5.32 Å². The second-order valence-electron chi connectivity index (χ2n) is 8.14. The van der Waals surface area contributed by atoms with E-state index < -0.39 is 0 Å². The summed E-state index contributed by atoms with van der Waals surface area (Å²) >= 11 is 0. The normalized spacial score (nSPS) is 27.0. The highest BCUT2D eigenvalue weighted by atomic mass is 16.7. The Labute approximate surface area is 158 Å². The summed E-state index contributed by atoms with van der Waals surface area (Å²) in [4.78, 5) is 10.5. The predicted molar refractivity (Wildman–Crippen MR) is 103 cm³/mol. The third-order valence-electron chi connectivity index (χ3n) is 6.26. The van der Waals surface area contributed by atoms with Gasteiger partial charge in [-0.1, -0.05) is 5.16 Å². The van der Waals surface area contributed by atoms with Gasteiger partial charge in [-0.15, -0.1) is 0 Å². The summed E-state index contributed by atoms with van der Waals surface area (Å²) in [6, 6.07) is 2.84. The Kier molecular flexibility index (Phi) is 3.64. The smallest absolute Gasteiger partial charge is 0.160 e. The Balaban J connectivity index is 1.55. The molecule has 0 aromatic carbocycles. The number of oxime groups is 1. The van der Waals surface area contributed by atoms with Crippen molar-refractivity contribution in [1.82, 2.24) is 14.8 Å². The molecule has 1 N–H and O–H groups in total. The Morgan fingerprint density at radius 3 is 2.89 bits per heavy atom. The van der Waals surface area contributed by atoms with Crippen LogP contribution in [0.25, 0.3) is 11.0 Å². The molecule has 0 atom stereocenters. The van der Waals surface area contributed by atoms with Gasteiger partial charge in [0.15, 0.2) is 5.65 Å². The van der Waals surface area contributed by atoms with Gasteiger partial charge in [-0.25, -0.2) is 9.67 Å². The summed E-state index contributed by atoms with van der Waals surface area (Å²) in [6.07, 6.45) is 7.87. The molecule has 0 unspecified atom stereocenters. The number of nitrogens with one attached hydrogen (secondary N) is 1. The second-order valence-corrected chi connectivity index (χ2v) is 8.14. The fourth-order valence-corrected chi connectivity index (χ4v) is 4.48. The van der Waals surface area contributed by atoms with Crippen LogP contribution < -0.4 is 5.32 Å². The van der Waals surface area contributed by atoms with Crippen molar-refractivity contribution in [3.8, 4) is 6.07 Å². The van der Waals surface area contributed by atoms with Crippen LogP contribution >= 0.6 is 0 Å². The van der Waals surface area contributed by atoms with E-state index >= 15 is 0 Å². The first-order valence-corrected chi connectivity index (χ1v) is 9.90. The second kappa shape index (κ2) is 5.95. The molecule has 1 aliphatic heterocycles. The van der Waals surface area contributed by atoms with Crippen LogP contribution in [0, 0.1) is 24.2 Å². The number of hydrogen-bond acceptors (Lipinski definition) is 6. The monoisotopic (exact) mass is 364 g/mol. The van der Waals surface area contributed by atoms with Gasteiger partial charge in [0.1, 0.15) is 5.60 Å². The summed E-state index contributed by atoms with van der Waals surface area (Å²) < 4.78 is 1.96. The zero-order valence-electron chi connectivity index (χ0n) is 15.8. The molecule has 0 radical (unpaired) electrons. The van der Waals surface area contributed by atoms with E-state index in [2.05, 4.69) is 28.6 Å². The molecule has 0 saturated heterocycles. The van der Waals surface area contributed by atoms with Gasteiger partial charge in [0.2, 0.25) is 0 Å². The molecular weight excluding hydrogens is 340 g/mol. The van der Waals surface area contributed by atoms with E-state index in [1.54, 1.807) is 0 Å². The summed E-state index contributed by atoms with van der Waals surface area (Å²) in [6.45, 7) is 4.92. The van der Waals surface area contributed by atoms with Gasteiger partial charge < -0.3 is 10.2 Å². The SMILES string of the molecule is CCn1nc(C)c2c(NC3CCC3)c(C3=NOC4(C3)CC(C#N)C4)cnc21. The van der Waals surface area contributed by atoms with Crippen molar-refractivity contribution in [3.63, 3.8) is 0 Å². The molecular formula is C20H24N6O. The Bertz CT molecular complexity index is 974. The third kappa shape index (κ3) is 2.50. The fourth-order valence-electron chi connectivity index (χ4n) is 4.48. The Hall–Kier alpha value is -2.62. The van der Waals surface area contributed by atoms with Gasteiger partial charge in [0.25, 0.3) is 0 Å². The predicted octanol–water partition coefficient (Wildman–Crippen LogP) is 3.52. The number of aromatic nitrogens is 3. The van der Waals surface area contributed by atoms with Crippen LogP contribution in [0.2, 0.25) is 0 Å². The highest BCUT2D eigenvalue weighted by molar-refractivity contribution is 6.11. The Morgan fingerprint density at radius 2 is 2.22 bits per heavy atom. The molecule has 2 fully saturated rings. The fraction of sp³-hybridized carbons (Fsp3) is 0.600. The van der Waals surface area contributed by atoms with E-state index in [-0.39, 0.29) is 11.5 Å². The maximum absolute atomic E-state index is 9.09. The summed E-state index contributed by atoms with van der Waals surface area (Å²) in [5.74, 6) is 0.0951. The lowest BCUT2D eigenvalue weighted by molar-refractivity contribution is -0.0941. The number of aryl methyl sites for hydroxylation is 2. The van der Waals surface area contributed by atoms with E-state index in [1.807, 2.05) is 17.8 Å². The van der Waals surface area contributed by atoms with Crippen LogP contribution in [-0.2, 0) is 11.4 Å². The van der Waals surface area contributed by atoms with Gasteiger partial charge in [-0.05, 0) is 33.1 Å². The molecule has 3 aliphatic rings. The number of fused-ring (bicyclic) bond motifs is 1. The lowest BCUT2D eigenvalue weighted by Crippen LogP contribution is -2.43. The van der Waals surface area contributed by atoms with Crippen LogP contribution in [0.4, 0.5) is 5.69 Å². The molecule has 0 bridgehead atoms. The van der Waals surface area contributed by atoms with E-state index in [1.165, 1.54) is 19.3 Å². The van der Waals surface area contributed by atoms with Crippen LogP contribution in [-0.4, -0.2) is 32.1 Å². The highest BCUT2D eigenvalue weighted by Crippen LogP contribution is 2.47. The van der Waals surface area contributed by atoms with Crippen molar-refractivity contribution in [1.29, 1.82) is 5.26 Å². The molecule has 140 valence electrons. The van der Waals surface area contributed by atoms with Crippen LogP contribution in [0.3, 0.4) is 0 Å². The van der Waals surface area contributed by atoms with E-state index in [4.69, 9.17) is 15.1 Å². The first-order chi connectivity index (χ1) is 13.1. The number of hydrogen-bond donors (Lipinski definition) is 1. The molecule has 7 nitrogen and oxygen atoms in total. The molecule has 0 amide bonds. The summed E-state index contributed by atoms with van der Waals surface area (Å²) in [7, 11) is 0. The van der Waals surface area contributed by atoms with E-state index in [9.17, 15) is 0 Å². The molecule has 2 aromatic rings. The molecule has 7 heteroatoms. The summed E-state index contributed by atoms with van der Waals surface area (Å²) in [5.41, 5.74) is 4.68. The van der Waals surface area contributed by atoms with Crippen molar-refractivity contribution in [2.24, 2.45) is 11.1 Å². The first kappa shape index (κ1) is 16.5. The zero-order valence-corrected chi connectivity index (χ0v) is 15.8. The number of nitrogens with zero attached hydrogens (tertiary/aromatic N) is 5. The van der Waals surface area contributed by atoms with Crippen LogP contribution in [0.5, 0.6) is 0 Å². The van der Waals surface area contributed by atoms with E-state index in [0.29, 0.717) is 6.04 Å². The number of anilines is 1. The minimum Gasteiger partial charge on any atom is -0.388 e. The molecule has 1 spiro atoms. The average molecular weight is 364 g/mol. The first-order valence-electron chi connectivity index (χ1n) is 9.90. The molecule has 27 heavy (non-hydrogen) atoms. The largest absolute Gasteiger partial charge is 0.388 e. The van der Waals surface area contributed by atoms with Gasteiger partial charge in [-0.2, -0.15) is 10.4 Å². The lowest BCUT2D eigenvalue weighted by Gasteiger charge is -2.38. The van der Waals surface area contributed by atoms with Gasteiger partial charge in [0.05, 0.1) is 34.5 Å². The zero-order chi connectivity index (χ0) is 18.6. The maximum atomic E-state index is 9.09. The minimum atomic E-state index is -0.277. The highest BCUT2D eigenvalue weighted by Gasteiger charge is 2.51. The third-order valence-corrected chi connectivity index (χ3v) is 6.26. The summed E-state index contributed by atoms with van der Waals surface area (Å²) in [5, 5.41) is 23.0. The molecule has 2 aromatic heterocycles. The van der Waals surface area contributed by atoms with Gasteiger partial charge in [-0.3, -0.25) is 0 Å². The number of nitriles is 1. The number of rotatable bonds is 4. The minimum absolute atomic E-state index is 0.0951. The van der Waals surface area contributed by atoms with Crippen LogP contribution in [0.1, 0.15) is 56.7 Å². The standard InChI is InChI=1S/C20H24N6O/c1-3-26-19-17(12(2)24-26)18(23-14-5-4-6-14)15(11-22-19)16-9-20(27-25-16)7-13(8-20)10-21/h11,13-14H,3-9H2,1-2H3,(H,22,23). The topological polar surface area (TPSA) is 88.1 Å². The average Bonchev–Trinajstić information content (AvgIpc) is 3.18. The van der Waals surface area contributed by atoms with Crippen LogP contribution in [0.15, 0.2) is 11.4 Å². The quantitative estimate of drug-likeness (QED) is 0.897. The Morgan fingerprint density at radius 1 is 1.41 bits per heavy atom. The van der Waals surface area contributed by atoms with Crippen molar-refractivity contribution >= 4 is 22.4 Å². The number of pyridine rings is 1. The molecule has 5 rings (SSSR count). The molecule has 3 heterocycles. The lowest BCUT2D eigenvalue weighted by atomic mass is 9.69. The van der Waals surface area contributed by atoms with Crippen molar-refractivity contribution in [3.05, 3.63) is 17.5 Å². The molecule has 2 saturated carbocycles.